The van der Waals surface area contributed by atoms with Gasteiger partial charge in [0, 0.05) is 29.1 Å². The van der Waals surface area contributed by atoms with Crippen LogP contribution in [0.15, 0.2) is 37.2 Å². The molecule has 2 saturated heterocycles. The Morgan fingerprint density at radius 1 is 1.09 bits per heavy atom. The fourth-order valence-electron chi connectivity index (χ4n) is 4.53. The van der Waals surface area contributed by atoms with Crippen molar-refractivity contribution in [3.8, 4) is 11.6 Å². The molecule has 0 spiro atoms. The van der Waals surface area contributed by atoms with E-state index in [0.29, 0.717) is 29.4 Å². The van der Waals surface area contributed by atoms with Gasteiger partial charge in [0.2, 0.25) is 5.88 Å². The van der Waals surface area contributed by atoms with E-state index in [1.165, 1.54) is 32.0 Å². The van der Waals surface area contributed by atoms with Gasteiger partial charge in [-0.2, -0.15) is 5.10 Å². The maximum Gasteiger partial charge on any atom is 0.219 e. The van der Waals surface area contributed by atoms with Crippen LogP contribution in [0.25, 0.3) is 5.69 Å². The number of hydrogen-bond donors (Lipinski definition) is 1. The molecule has 33 heavy (non-hydrogen) atoms. The number of piperidine rings is 1. The highest BCUT2D eigenvalue weighted by molar-refractivity contribution is 6.31. The Labute approximate surface area is 200 Å². The van der Waals surface area contributed by atoms with Gasteiger partial charge < -0.3 is 10.1 Å². The highest BCUT2D eigenvalue weighted by Gasteiger charge is 2.35. The van der Waals surface area contributed by atoms with Crippen molar-refractivity contribution in [1.29, 1.82) is 0 Å². The Hall–Kier alpha value is -2.51. The molecule has 0 amide bonds. The molecule has 1 aliphatic carbocycles. The van der Waals surface area contributed by atoms with E-state index in [4.69, 9.17) is 16.3 Å². The first-order valence-corrected chi connectivity index (χ1v) is 12.3. The van der Waals surface area contributed by atoms with Gasteiger partial charge in [0.25, 0.3) is 0 Å². The van der Waals surface area contributed by atoms with E-state index in [9.17, 15) is 0 Å². The molecule has 3 fully saturated rings. The number of fused-ring (bicyclic) bond motifs is 2. The summed E-state index contributed by atoms with van der Waals surface area (Å²) >= 11 is 6.54. The molecule has 7 nitrogen and oxygen atoms in total. The summed E-state index contributed by atoms with van der Waals surface area (Å²) in [5.74, 6) is 1.77. The van der Waals surface area contributed by atoms with Crippen LogP contribution in [0.5, 0.6) is 5.88 Å². The molecule has 0 radical (unpaired) electrons. The van der Waals surface area contributed by atoms with Gasteiger partial charge in [0.1, 0.15) is 25.1 Å². The number of benzene rings is 1. The second-order valence-corrected chi connectivity index (χ2v) is 9.98. The molecule has 174 valence electrons. The van der Waals surface area contributed by atoms with Gasteiger partial charge in [-0.25, -0.2) is 19.6 Å². The first-order valence-electron chi connectivity index (χ1n) is 11.9. The molecule has 1 N–H and O–H groups in total. The van der Waals surface area contributed by atoms with Crippen molar-refractivity contribution < 1.29 is 4.74 Å². The van der Waals surface area contributed by atoms with Gasteiger partial charge in [-0.15, -0.1) is 0 Å². The number of halogens is 1. The van der Waals surface area contributed by atoms with Crippen molar-refractivity contribution in [1.82, 2.24) is 30.0 Å². The third-order valence-electron chi connectivity index (χ3n) is 6.79. The first kappa shape index (κ1) is 22.3. The summed E-state index contributed by atoms with van der Waals surface area (Å²) in [7, 11) is 0. The van der Waals surface area contributed by atoms with Crippen molar-refractivity contribution in [2.75, 3.05) is 0 Å². The van der Waals surface area contributed by atoms with Crippen LogP contribution in [0, 0.1) is 12.8 Å². The zero-order valence-electron chi connectivity index (χ0n) is 19.2. The fourth-order valence-corrected chi connectivity index (χ4v) is 4.78. The van der Waals surface area contributed by atoms with Crippen molar-refractivity contribution in [2.24, 2.45) is 5.92 Å². The Balaban J connectivity index is 0.000000517. The summed E-state index contributed by atoms with van der Waals surface area (Å²) in [4.78, 5) is 12.9. The van der Waals surface area contributed by atoms with Gasteiger partial charge in [0.05, 0.1) is 11.4 Å². The smallest absolute Gasteiger partial charge is 0.219 e. The zero-order chi connectivity index (χ0) is 22.8. The largest absolute Gasteiger partial charge is 0.474 e. The number of ether oxygens (including phenoxy) is 1. The number of aromatic nitrogens is 5. The van der Waals surface area contributed by atoms with Gasteiger partial charge in [-0.05, 0) is 56.2 Å². The lowest BCUT2D eigenvalue weighted by molar-refractivity contribution is 0.130. The minimum atomic E-state index is 0.223. The van der Waals surface area contributed by atoms with Crippen LogP contribution < -0.4 is 10.1 Å². The Bertz CT molecular complexity index is 1070. The topological polar surface area (TPSA) is 77.8 Å². The Morgan fingerprint density at radius 2 is 1.85 bits per heavy atom. The Morgan fingerprint density at radius 3 is 2.48 bits per heavy atom. The monoisotopic (exact) mass is 466 g/mol. The molecule has 6 rings (SSSR count). The number of hydrogen-bond acceptors (Lipinski definition) is 6. The van der Waals surface area contributed by atoms with Crippen LogP contribution in [0.2, 0.25) is 5.02 Å². The van der Waals surface area contributed by atoms with E-state index in [1.54, 1.807) is 17.3 Å². The molecule has 3 aliphatic rings. The quantitative estimate of drug-likeness (QED) is 0.587. The third kappa shape index (κ3) is 5.53. The normalized spacial score (nSPS) is 23.7. The summed E-state index contributed by atoms with van der Waals surface area (Å²) < 4.78 is 7.99. The van der Waals surface area contributed by atoms with E-state index in [2.05, 4.69) is 32.3 Å². The van der Waals surface area contributed by atoms with Crippen LogP contribution in [0.1, 0.15) is 62.3 Å². The summed E-state index contributed by atoms with van der Waals surface area (Å²) in [5.41, 5.74) is 3.79. The number of nitrogens with zero attached hydrogens (tertiary/aromatic N) is 5. The van der Waals surface area contributed by atoms with Crippen LogP contribution in [0.4, 0.5) is 0 Å². The van der Waals surface area contributed by atoms with Crippen LogP contribution in [0.3, 0.4) is 0 Å². The minimum Gasteiger partial charge on any atom is -0.474 e. The van der Waals surface area contributed by atoms with E-state index in [-0.39, 0.29) is 6.10 Å². The van der Waals surface area contributed by atoms with E-state index >= 15 is 0 Å². The van der Waals surface area contributed by atoms with Crippen molar-refractivity contribution in [3.05, 3.63) is 59.0 Å². The predicted octanol–water partition coefficient (Wildman–Crippen LogP) is 4.69. The van der Waals surface area contributed by atoms with Crippen LogP contribution in [-0.4, -0.2) is 42.9 Å². The number of nitrogens with one attached hydrogen (secondary N) is 1. The zero-order valence-corrected chi connectivity index (χ0v) is 20.0. The summed E-state index contributed by atoms with van der Waals surface area (Å²) in [6.07, 6.45) is 13.2. The third-order valence-corrected chi connectivity index (χ3v) is 7.15. The lowest BCUT2D eigenvalue weighted by atomic mass is 10.0. The maximum atomic E-state index is 6.54. The lowest BCUT2D eigenvalue weighted by Gasteiger charge is -2.29. The van der Waals surface area contributed by atoms with Crippen molar-refractivity contribution in [2.45, 2.75) is 77.0 Å². The lowest BCUT2D eigenvalue weighted by Crippen LogP contribution is -2.42. The molecule has 8 heteroatoms. The molecule has 1 aromatic carbocycles. The molecule has 4 heterocycles. The average Bonchev–Trinajstić information content (AvgIpc) is 3.26. The summed E-state index contributed by atoms with van der Waals surface area (Å²) in [6.45, 7) is 4.30. The van der Waals surface area contributed by atoms with E-state index < -0.39 is 0 Å². The molecule has 2 aromatic heterocycles. The summed E-state index contributed by atoms with van der Waals surface area (Å²) in [6, 6.07) is 7.05. The highest BCUT2D eigenvalue weighted by Crippen LogP contribution is 2.31. The molecular weight excluding hydrogens is 436 g/mol. The van der Waals surface area contributed by atoms with Crippen LogP contribution in [-0.2, 0) is 6.42 Å². The van der Waals surface area contributed by atoms with Gasteiger partial charge in [0.15, 0.2) is 0 Å². The highest BCUT2D eigenvalue weighted by atomic mass is 35.5. The summed E-state index contributed by atoms with van der Waals surface area (Å²) in [5, 5.41) is 8.47. The Kier molecular flexibility index (Phi) is 6.60. The van der Waals surface area contributed by atoms with Crippen molar-refractivity contribution in [3.63, 3.8) is 0 Å². The molecule has 3 aromatic rings. The maximum absolute atomic E-state index is 6.54. The molecule has 1 saturated carbocycles. The van der Waals surface area contributed by atoms with Crippen LogP contribution >= 0.6 is 11.6 Å². The molecule has 2 aliphatic heterocycles. The van der Waals surface area contributed by atoms with Gasteiger partial charge in [-0.1, -0.05) is 37.4 Å². The van der Waals surface area contributed by atoms with E-state index in [0.717, 1.165) is 41.3 Å². The number of rotatable bonds is 5. The van der Waals surface area contributed by atoms with Gasteiger partial charge in [-0.3, -0.25) is 0 Å². The molecule has 2 unspecified atom stereocenters. The first-order chi connectivity index (χ1) is 16.0. The SMILES string of the molecule is CC1CC1.Cc1c(Cc2ccc(-n3cncn3)cc2Cl)ncnc1OC1CC2CCC(C1)N2. The van der Waals surface area contributed by atoms with Gasteiger partial charge >= 0.3 is 0 Å². The standard InChI is InChI=1S/C21H23ClN6O.C4H8/c1-13-20(6-14-2-5-17(9-19(14)22)28-12-23-10-26-28)24-11-25-21(13)29-18-7-15-3-4-16(8-18)27-15;1-4-2-3-4/h2,5,9-12,15-16,18,27H,3-4,6-8H2,1H3;4H,2-3H2,1H3. The minimum absolute atomic E-state index is 0.223. The fraction of sp³-hybridized carbons (Fsp3) is 0.520. The molecular formula is C25H31ClN6O. The predicted molar refractivity (Wildman–Crippen MR) is 128 cm³/mol. The van der Waals surface area contributed by atoms with Crippen molar-refractivity contribution >= 4 is 11.6 Å². The molecule has 2 bridgehead atoms. The second kappa shape index (κ2) is 9.77. The second-order valence-electron chi connectivity index (χ2n) is 9.57. The molecule has 2 atom stereocenters. The van der Waals surface area contributed by atoms with E-state index in [1.807, 2.05) is 25.1 Å². The average molecular weight is 467 g/mol.